The number of carbonyl (C=O) groups is 4. The molecule has 0 heterocycles. The number of ether oxygens (including phenoxy) is 4. The lowest BCUT2D eigenvalue weighted by molar-refractivity contribution is -0.161. The fraction of sp³-hybridized carbons (Fsp3) is 0.956. The molecular weight excluding hydrogens is 1430 g/mol. The molecule has 0 aliphatic heterocycles. The second-order valence-electron chi connectivity index (χ2n) is 33.2. The number of hydrogen-bond donors (Lipinski definition) is 3. The molecule has 0 aliphatic carbocycles. The highest BCUT2D eigenvalue weighted by Gasteiger charge is 2.31. The molecule has 0 aromatic rings. The lowest BCUT2D eigenvalue weighted by Gasteiger charge is -2.21. The lowest BCUT2D eigenvalue weighted by atomic mass is 10.0. The van der Waals surface area contributed by atoms with Crippen molar-refractivity contribution in [2.75, 3.05) is 39.6 Å². The summed E-state index contributed by atoms with van der Waals surface area (Å²) in [5.74, 6) is -1.27. The van der Waals surface area contributed by atoms with Crippen molar-refractivity contribution in [1.82, 2.24) is 0 Å². The van der Waals surface area contributed by atoms with Gasteiger partial charge in [-0.1, -0.05) is 446 Å². The molecule has 5 atom stereocenters. The Balaban J connectivity index is 5.23. The van der Waals surface area contributed by atoms with Crippen LogP contribution in [0.2, 0.25) is 0 Å². The van der Waals surface area contributed by atoms with E-state index in [1.54, 1.807) is 0 Å². The number of unbranched alkanes of at least 4 members (excludes halogenated alkanes) is 63. The summed E-state index contributed by atoms with van der Waals surface area (Å²) >= 11 is 0. The number of hydrogen-bond acceptors (Lipinski definition) is 15. The van der Waals surface area contributed by atoms with Crippen molar-refractivity contribution in [3.63, 3.8) is 0 Å². The zero-order valence-corrected chi connectivity index (χ0v) is 74.2. The van der Waals surface area contributed by atoms with Crippen molar-refractivity contribution >= 4 is 39.5 Å². The van der Waals surface area contributed by atoms with Crippen LogP contribution >= 0.6 is 15.6 Å². The van der Waals surface area contributed by atoms with Crippen LogP contribution < -0.4 is 0 Å². The van der Waals surface area contributed by atoms with E-state index in [1.165, 1.54) is 321 Å². The van der Waals surface area contributed by atoms with Gasteiger partial charge < -0.3 is 33.8 Å². The molecular formula is C91H178O17P2. The monoisotopic (exact) mass is 1610 g/mol. The number of esters is 4. The van der Waals surface area contributed by atoms with E-state index < -0.39 is 97.5 Å². The molecule has 0 spiro atoms. The minimum Gasteiger partial charge on any atom is -0.462 e. The zero-order chi connectivity index (χ0) is 80.4. The Kier molecular flexibility index (Phi) is 82.1. The van der Waals surface area contributed by atoms with Gasteiger partial charge in [0, 0.05) is 25.7 Å². The van der Waals surface area contributed by atoms with E-state index in [2.05, 4.69) is 34.6 Å². The molecule has 17 nitrogen and oxygen atoms in total. The van der Waals surface area contributed by atoms with Gasteiger partial charge in [-0.3, -0.25) is 37.3 Å². The molecule has 0 aromatic heterocycles. The average molecular weight is 1610 g/mol. The molecule has 0 aromatic carbocycles. The number of carbonyl (C=O) groups excluding carboxylic acids is 4. The topological polar surface area (TPSA) is 237 Å². The van der Waals surface area contributed by atoms with Crippen LogP contribution in [0.25, 0.3) is 0 Å². The average Bonchev–Trinajstić information content (AvgIpc) is 0.898. The van der Waals surface area contributed by atoms with Gasteiger partial charge in [-0.25, -0.2) is 9.13 Å². The molecule has 0 rings (SSSR count). The van der Waals surface area contributed by atoms with E-state index in [1.807, 2.05) is 0 Å². The second kappa shape index (κ2) is 83.5. The second-order valence-corrected chi connectivity index (χ2v) is 36.1. The SMILES string of the molecule is CCCCCCCCCCCCCCCCCCCCCC(=O)OC[C@H](COP(=O)(O)OC[C@@H](O)COP(=O)(O)OC[C@@H](COC(=O)CCCCCCCCCCCCC)OC(=O)CCCCCCCCCCCCCCCCCCCCC)OC(=O)CCCCCCCCCCCCCCCCCCCCC(C)C. The molecule has 2 unspecified atom stereocenters. The first-order valence-corrected chi connectivity index (χ1v) is 50.1. The van der Waals surface area contributed by atoms with Gasteiger partial charge in [-0.15, -0.1) is 0 Å². The maximum atomic E-state index is 13.2. The summed E-state index contributed by atoms with van der Waals surface area (Å²) in [6.45, 7) is 7.43. The van der Waals surface area contributed by atoms with Gasteiger partial charge in [-0.2, -0.15) is 0 Å². The Morgan fingerprint density at radius 3 is 0.618 bits per heavy atom. The number of aliphatic hydroxyl groups is 1. The molecule has 0 bridgehead atoms. The summed E-state index contributed by atoms with van der Waals surface area (Å²) in [6, 6.07) is 0. The molecule has 110 heavy (non-hydrogen) atoms. The Hall–Kier alpha value is -1.94. The number of phosphoric acid groups is 2. The van der Waals surface area contributed by atoms with Crippen LogP contribution in [-0.4, -0.2) is 96.7 Å². The highest BCUT2D eigenvalue weighted by molar-refractivity contribution is 7.47. The smallest absolute Gasteiger partial charge is 0.462 e. The Morgan fingerprint density at radius 2 is 0.418 bits per heavy atom. The quantitative estimate of drug-likeness (QED) is 0.0222. The molecule has 0 fully saturated rings. The summed E-state index contributed by atoms with van der Waals surface area (Å²) in [5, 5.41) is 10.7. The van der Waals surface area contributed by atoms with E-state index in [0.29, 0.717) is 25.7 Å². The summed E-state index contributed by atoms with van der Waals surface area (Å²) in [4.78, 5) is 73.4. The summed E-state index contributed by atoms with van der Waals surface area (Å²) < 4.78 is 69.1. The highest BCUT2D eigenvalue weighted by atomic mass is 31.2. The number of aliphatic hydroxyl groups excluding tert-OH is 1. The highest BCUT2D eigenvalue weighted by Crippen LogP contribution is 2.45. The van der Waals surface area contributed by atoms with Crippen LogP contribution in [0.15, 0.2) is 0 Å². The van der Waals surface area contributed by atoms with Gasteiger partial charge in [0.25, 0.3) is 0 Å². The first-order chi connectivity index (χ1) is 53.5. The van der Waals surface area contributed by atoms with Gasteiger partial charge in [-0.05, 0) is 31.6 Å². The molecule has 19 heteroatoms. The number of phosphoric ester groups is 2. The van der Waals surface area contributed by atoms with Crippen LogP contribution in [0.4, 0.5) is 0 Å². The summed E-state index contributed by atoms with van der Waals surface area (Å²) in [5.41, 5.74) is 0. The van der Waals surface area contributed by atoms with E-state index >= 15 is 0 Å². The fourth-order valence-electron chi connectivity index (χ4n) is 14.4. The molecule has 0 amide bonds. The minimum absolute atomic E-state index is 0.109. The third-order valence-electron chi connectivity index (χ3n) is 21.5. The predicted octanol–water partition coefficient (Wildman–Crippen LogP) is 28.3. The molecule has 0 aliphatic rings. The van der Waals surface area contributed by atoms with E-state index in [4.69, 9.17) is 37.0 Å². The Morgan fingerprint density at radius 1 is 0.245 bits per heavy atom. The zero-order valence-electron chi connectivity index (χ0n) is 72.4. The minimum atomic E-state index is -4.97. The fourth-order valence-corrected chi connectivity index (χ4v) is 15.9. The van der Waals surface area contributed by atoms with Crippen molar-refractivity contribution in [1.29, 1.82) is 0 Å². The van der Waals surface area contributed by atoms with E-state index in [-0.39, 0.29) is 25.7 Å². The van der Waals surface area contributed by atoms with Crippen LogP contribution in [0.5, 0.6) is 0 Å². The summed E-state index contributed by atoms with van der Waals surface area (Å²) in [6.07, 6.45) is 79.2. The van der Waals surface area contributed by atoms with Gasteiger partial charge in [0.2, 0.25) is 0 Å². The molecule has 3 N–H and O–H groups in total. The van der Waals surface area contributed by atoms with Crippen molar-refractivity contribution in [3.8, 4) is 0 Å². The standard InChI is InChI=1S/C91H178O17P2/c1-6-9-12-15-18-21-24-26-28-30-32-37-41-45-50-55-60-65-70-75-89(94)102-81-87(108-91(96)77-72-67-62-57-52-47-43-39-35-34-36-40-44-49-53-58-63-68-73-84(4)5)83-106-110(99,100)104-79-85(92)78-103-109(97,98)105-82-86(80-101-88(93)74-69-64-59-54-48-23-20-17-14-11-8-3)107-90(95)76-71-66-61-56-51-46-42-38-33-31-29-27-25-22-19-16-13-10-7-2/h84-87,92H,6-83H2,1-5H3,(H,97,98)(H,99,100)/t85-,86+,87+/m0/s1. The third kappa shape index (κ3) is 84.0. The first kappa shape index (κ1) is 108. The van der Waals surface area contributed by atoms with Gasteiger partial charge in [0.15, 0.2) is 12.2 Å². The van der Waals surface area contributed by atoms with E-state index in [9.17, 15) is 43.2 Å². The maximum Gasteiger partial charge on any atom is 0.472 e. The van der Waals surface area contributed by atoms with Crippen LogP contribution in [0.3, 0.4) is 0 Å². The predicted molar refractivity (Wildman–Crippen MR) is 455 cm³/mol. The van der Waals surface area contributed by atoms with Crippen LogP contribution in [0, 0.1) is 5.92 Å². The van der Waals surface area contributed by atoms with Crippen molar-refractivity contribution in [3.05, 3.63) is 0 Å². The largest absolute Gasteiger partial charge is 0.472 e. The molecule has 654 valence electrons. The number of rotatable bonds is 91. The first-order valence-electron chi connectivity index (χ1n) is 47.1. The van der Waals surface area contributed by atoms with Gasteiger partial charge in [0.05, 0.1) is 26.4 Å². The molecule has 0 radical (unpaired) electrons. The summed E-state index contributed by atoms with van der Waals surface area (Å²) in [7, 11) is -9.93. The van der Waals surface area contributed by atoms with Gasteiger partial charge in [0.1, 0.15) is 19.3 Å². The van der Waals surface area contributed by atoms with Gasteiger partial charge >= 0.3 is 39.5 Å². The molecule has 0 saturated carbocycles. The van der Waals surface area contributed by atoms with Crippen LogP contribution in [0.1, 0.15) is 497 Å². The van der Waals surface area contributed by atoms with Crippen LogP contribution in [-0.2, 0) is 65.4 Å². The normalized spacial score (nSPS) is 13.7. The lowest BCUT2D eigenvalue weighted by Crippen LogP contribution is -2.30. The van der Waals surface area contributed by atoms with Crippen molar-refractivity contribution < 1.29 is 80.2 Å². The Bertz CT molecular complexity index is 2080. The van der Waals surface area contributed by atoms with Crippen molar-refractivity contribution in [2.45, 2.75) is 515 Å². The molecule has 0 saturated heterocycles. The van der Waals surface area contributed by atoms with E-state index in [0.717, 1.165) is 95.8 Å². The maximum absolute atomic E-state index is 13.2. The Labute approximate surface area is 677 Å². The third-order valence-corrected chi connectivity index (χ3v) is 23.4. The van der Waals surface area contributed by atoms with Crippen molar-refractivity contribution in [2.24, 2.45) is 5.92 Å².